The highest BCUT2D eigenvalue weighted by Crippen LogP contribution is 2.32. The molecule has 1 aromatic rings. The predicted octanol–water partition coefficient (Wildman–Crippen LogP) is 3.85. The lowest BCUT2D eigenvalue weighted by Gasteiger charge is -2.24. The van der Waals surface area contributed by atoms with Gasteiger partial charge in [-0.05, 0) is 50.8 Å². The molecule has 1 aliphatic heterocycles. The van der Waals surface area contributed by atoms with Crippen molar-refractivity contribution in [2.45, 2.75) is 83.1 Å². The summed E-state index contributed by atoms with van der Waals surface area (Å²) >= 11 is 0. The minimum atomic E-state index is -0.856. The highest BCUT2D eigenvalue weighted by Gasteiger charge is 2.43. The second-order valence-electron chi connectivity index (χ2n) is 8.81. The Hall–Kier alpha value is -2.54. The van der Waals surface area contributed by atoms with E-state index < -0.39 is 17.9 Å². The summed E-state index contributed by atoms with van der Waals surface area (Å²) in [5, 5.41) is 3.31. The van der Waals surface area contributed by atoms with Crippen LogP contribution >= 0.6 is 0 Å². The average Bonchev–Trinajstić information content (AvgIpc) is 3.07. The van der Waals surface area contributed by atoms with Crippen LogP contribution in [0.15, 0.2) is 18.2 Å². The van der Waals surface area contributed by atoms with Gasteiger partial charge in [0.05, 0.1) is 17.2 Å². The molecule has 1 fully saturated rings. The molecule has 2 amide bonds. The molecule has 2 aliphatic rings. The molecule has 1 unspecified atom stereocenters. The number of anilines is 1. The maximum atomic E-state index is 13.3. The van der Waals surface area contributed by atoms with Gasteiger partial charge >= 0.3 is 0 Å². The van der Waals surface area contributed by atoms with Crippen molar-refractivity contribution in [3.05, 3.63) is 29.3 Å². The van der Waals surface area contributed by atoms with Crippen molar-refractivity contribution in [3.8, 4) is 0 Å². The van der Waals surface area contributed by atoms with Crippen molar-refractivity contribution in [2.75, 3.05) is 18.4 Å². The largest absolute Gasteiger partial charge is 0.384 e. The van der Waals surface area contributed by atoms with Gasteiger partial charge in [-0.2, -0.15) is 0 Å². The van der Waals surface area contributed by atoms with E-state index in [2.05, 4.69) is 5.32 Å². The number of amides is 2. The number of rotatable bonds is 10. The van der Waals surface area contributed by atoms with Gasteiger partial charge in [0.25, 0.3) is 11.8 Å². The van der Waals surface area contributed by atoms with Crippen LogP contribution in [0.5, 0.6) is 0 Å². The summed E-state index contributed by atoms with van der Waals surface area (Å²) in [6.07, 6.45) is 9.12. The summed E-state index contributed by atoms with van der Waals surface area (Å²) in [5.74, 6) is -0.899. The normalized spacial score (nSPS) is 19.5. The number of unbranched alkanes of at least 4 members (excludes halogenated alkanes) is 5. The zero-order valence-corrected chi connectivity index (χ0v) is 18.9. The van der Waals surface area contributed by atoms with Crippen LogP contribution < -0.4 is 11.1 Å². The number of benzene rings is 1. The van der Waals surface area contributed by atoms with Crippen LogP contribution in [0.4, 0.5) is 5.69 Å². The van der Waals surface area contributed by atoms with Crippen LogP contribution in [0.2, 0.25) is 0 Å². The Labute approximate surface area is 190 Å². The maximum Gasteiger partial charge on any atom is 0.264 e. The second-order valence-corrected chi connectivity index (χ2v) is 8.81. The van der Waals surface area contributed by atoms with E-state index in [-0.39, 0.29) is 24.4 Å². The Bertz CT molecular complexity index is 852. The molecule has 1 heterocycles. The topological polar surface area (TPSA) is 110 Å². The van der Waals surface area contributed by atoms with Gasteiger partial charge < -0.3 is 11.1 Å². The smallest absolute Gasteiger partial charge is 0.264 e. The van der Waals surface area contributed by atoms with Gasteiger partial charge in [0.1, 0.15) is 5.78 Å². The Kier molecular flexibility index (Phi) is 8.97. The third-order valence-corrected chi connectivity index (χ3v) is 6.40. The van der Waals surface area contributed by atoms with Gasteiger partial charge in [0.2, 0.25) is 0 Å². The number of Topliss-reactive ketones (excluding diaryl/α,β-unsaturated/α-hetero) is 2. The summed E-state index contributed by atoms with van der Waals surface area (Å²) in [7, 11) is 0. The molecule has 0 radical (unpaired) electrons. The average molecular weight is 442 g/mol. The molecule has 3 rings (SSSR count). The molecule has 1 saturated carbocycles. The number of ketones is 2. The molecule has 174 valence electrons. The minimum Gasteiger partial charge on any atom is -0.384 e. The van der Waals surface area contributed by atoms with Crippen LogP contribution in [0.3, 0.4) is 0 Å². The molecule has 1 aromatic carbocycles. The molecule has 0 aromatic heterocycles. The highest BCUT2D eigenvalue weighted by molar-refractivity contribution is 6.25. The number of fused-ring (bicyclic) bond motifs is 1. The monoisotopic (exact) mass is 441 g/mol. The fourth-order valence-corrected chi connectivity index (χ4v) is 4.58. The van der Waals surface area contributed by atoms with Crippen molar-refractivity contribution < 1.29 is 19.2 Å². The predicted molar refractivity (Wildman–Crippen MR) is 124 cm³/mol. The van der Waals surface area contributed by atoms with E-state index in [4.69, 9.17) is 5.73 Å². The number of nitrogens with one attached hydrogen (secondary N) is 1. The standard InChI is InChI=1S/C25H35N3O4/c26-16-7-3-1-2-4-8-17-27-20-12-9-11-19-23(20)25(32)28(24(19)31)21-15-14-18(29)10-5-6-13-22(21)30/h9,11-12,21,27H,1-8,10,13-17,26H2. The molecule has 32 heavy (non-hydrogen) atoms. The van der Waals surface area contributed by atoms with Crippen molar-refractivity contribution in [3.63, 3.8) is 0 Å². The Balaban J connectivity index is 1.65. The van der Waals surface area contributed by atoms with Gasteiger partial charge in [0.15, 0.2) is 5.78 Å². The highest BCUT2D eigenvalue weighted by atomic mass is 16.2. The molecular weight excluding hydrogens is 406 g/mol. The third kappa shape index (κ3) is 5.82. The lowest BCUT2D eigenvalue weighted by atomic mass is 10.0. The fraction of sp³-hybridized carbons (Fsp3) is 0.600. The maximum absolute atomic E-state index is 13.3. The molecule has 1 aliphatic carbocycles. The first-order chi connectivity index (χ1) is 15.5. The molecule has 7 heteroatoms. The SMILES string of the molecule is NCCCCCCCCNc1cccc2c1C(=O)N(C1CCC(=O)CCCCC1=O)C2=O. The van der Waals surface area contributed by atoms with Crippen LogP contribution in [-0.2, 0) is 9.59 Å². The lowest BCUT2D eigenvalue weighted by molar-refractivity contribution is -0.123. The number of hydrogen-bond acceptors (Lipinski definition) is 6. The zero-order valence-electron chi connectivity index (χ0n) is 18.9. The van der Waals surface area contributed by atoms with E-state index in [1.807, 2.05) is 6.07 Å². The second kappa shape index (κ2) is 11.9. The van der Waals surface area contributed by atoms with Gasteiger partial charge in [-0.25, -0.2) is 0 Å². The Morgan fingerprint density at radius 2 is 1.59 bits per heavy atom. The number of nitrogens with zero attached hydrogens (tertiary/aromatic N) is 1. The third-order valence-electron chi connectivity index (χ3n) is 6.40. The van der Waals surface area contributed by atoms with E-state index in [1.54, 1.807) is 12.1 Å². The summed E-state index contributed by atoms with van der Waals surface area (Å²) in [4.78, 5) is 52.3. The summed E-state index contributed by atoms with van der Waals surface area (Å²) < 4.78 is 0. The first-order valence-electron chi connectivity index (χ1n) is 12.0. The Morgan fingerprint density at radius 1 is 0.875 bits per heavy atom. The van der Waals surface area contributed by atoms with Crippen molar-refractivity contribution in [1.82, 2.24) is 4.90 Å². The molecule has 0 saturated heterocycles. The molecule has 0 spiro atoms. The van der Waals surface area contributed by atoms with E-state index in [9.17, 15) is 19.2 Å². The summed E-state index contributed by atoms with van der Waals surface area (Å²) in [6, 6.07) is 4.36. The van der Waals surface area contributed by atoms with Crippen LogP contribution in [0.25, 0.3) is 0 Å². The number of hydrogen-bond donors (Lipinski definition) is 2. The number of imide groups is 1. The Morgan fingerprint density at radius 3 is 2.38 bits per heavy atom. The molecule has 3 N–H and O–H groups in total. The van der Waals surface area contributed by atoms with Gasteiger partial charge in [-0.1, -0.05) is 31.7 Å². The van der Waals surface area contributed by atoms with Crippen molar-refractivity contribution in [1.29, 1.82) is 0 Å². The molecule has 0 bridgehead atoms. The van der Waals surface area contributed by atoms with Gasteiger partial charge in [-0.3, -0.25) is 24.1 Å². The summed E-state index contributed by atoms with van der Waals surface area (Å²) in [6.45, 7) is 1.46. The minimum absolute atomic E-state index is 0.0895. The van der Waals surface area contributed by atoms with Crippen LogP contribution in [-0.4, -0.2) is 47.4 Å². The number of carbonyl (C=O) groups excluding carboxylic acids is 4. The molecular formula is C25H35N3O4. The quantitative estimate of drug-likeness (QED) is 0.421. The number of carbonyl (C=O) groups is 4. The first-order valence-corrected chi connectivity index (χ1v) is 12.0. The van der Waals surface area contributed by atoms with Crippen molar-refractivity contribution in [2.24, 2.45) is 5.73 Å². The van der Waals surface area contributed by atoms with Gasteiger partial charge in [0, 0.05) is 31.5 Å². The zero-order chi connectivity index (χ0) is 22.9. The molecule has 7 nitrogen and oxygen atoms in total. The van der Waals surface area contributed by atoms with Crippen LogP contribution in [0.1, 0.15) is 97.8 Å². The fourth-order valence-electron chi connectivity index (χ4n) is 4.58. The molecule has 1 atom stereocenters. The lowest BCUT2D eigenvalue weighted by Crippen LogP contribution is -2.45. The van der Waals surface area contributed by atoms with E-state index in [0.717, 1.165) is 43.5 Å². The first kappa shape index (κ1) is 24.1. The van der Waals surface area contributed by atoms with Gasteiger partial charge in [-0.15, -0.1) is 0 Å². The van der Waals surface area contributed by atoms with E-state index in [0.29, 0.717) is 49.0 Å². The van der Waals surface area contributed by atoms with Crippen LogP contribution in [0, 0.1) is 0 Å². The van der Waals surface area contributed by atoms with Crippen molar-refractivity contribution >= 4 is 29.1 Å². The van der Waals surface area contributed by atoms with E-state index >= 15 is 0 Å². The summed E-state index contributed by atoms with van der Waals surface area (Å²) in [5.41, 5.74) is 6.83. The van der Waals surface area contributed by atoms with E-state index in [1.165, 1.54) is 6.42 Å². The number of nitrogens with two attached hydrogens (primary N) is 1.